The molecule has 0 fully saturated rings. The molecule has 2 heterocycles. The van der Waals surface area contributed by atoms with Gasteiger partial charge in [-0.25, -0.2) is 9.48 Å². The first-order valence-corrected chi connectivity index (χ1v) is 6.45. The van der Waals surface area contributed by atoms with Gasteiger partial charge in [0.25, 0.3) is 0 Å². The maximum Gasteiger partial charge on any atom is 0.339 e. The maximum atomic E-state index is 11.3. The van der Waals surface area contributed by atoms with Gasteiger partial charge in [-0.3, -0.25) is 4.98 Å². The molecule has 3 rings (SSSR count). The van der Waals surface area contributed by atoms with Gasteiger partial charge in [-0.15, -0.1) is 0 Å². The Bertz CT molecular complexity index is 794. The zero-order valence-corrected chi connectivity index (χ0v) is 11.4. The third-order valence-corrected chi connectivity index (χ3v) is 3.19. The van der Waals surface area contributed by atoms with Crippen LogP contribution in [0.25, 0.3) is 16.8 Å². The highest BCUT2D eigenvalue weighted by molar-refractivity contribution is 5.91. The predicted molar refractivity (Wildman–Crippen MR) is 78.5 cm³/mol. The van der Waals surface area contributed by atoms with Crippen molar-refractivity contribution in [1.29, 1.82) is 0 Å². The summed E-state index contributed by atoms with van der Waals surface area (Å²) in [6.07, 6.45) is 4.89. The van der Waals surface area contributed by atoms with Crippen molar-refractivity contribution in [3.63, 3.8) is 0 Å². The van der Waals surface area contributed by atoms with Crippen LogP contribution in [-0.4, -0.2) is 25.8 Å². The van der Waals surface area contributed by atoms with Crippen molar-refractivity contribution in [3.8, 4) is 16.8 Å². The average molecular weight is 279 g/mol. The van der Waals surface area contributed by atoms with Gasteiger partial charge in [0, 0.05) is 23.7 Å². The fourth-order valence-electron chi connectivity index (χ4n) is 2.13. The number of nitrogens with zero attached hydrogens (tertiary/aromatic N) is 3. The van der Waals surface area contributed by atoms with Crippen LogP contribution in [0.5, 0.6) is 0 Å². The average Bonchev–Trinajstić information content (AvgIpc) is 2.97. The molecule has 0 saturated carbocycles. The van der Waals surface area contributed by atoms with Gasteiger partial charge in [-0.2, -0.15) is 5.10 Å². The number of hydrogen-bond acceptors (Lipinski definition) is 3. The molecule has 3 aromatic rings. The number of pyridine rings is 1. The SMILES string of the molecule is Cc1cc(-n2cc(-c3ccccc3)cn2)c(C(=O)O)cn1. The normalized spacial score (nSPS) is 10.5. The van der Waals surface area contributed by atoms with Gasteiger partial charge in [-0.05, 0) is 18.6 Å². The van der Waals surface area contributed by atoms with Crippen LogP contribution in [0, 0.1) is 6.92 Å². The zero-order valence-electron chi connectivity index (χ0n) is 11.4. The smallest absolute Gasteiger partial charge is 0.339 e. The van der Waals surface area contributed by atoms with Crippen LogP contribution in [0.2, 0.25) is 0 Å². The van der Waals surface area contributed by atoms with Crippen LogP contribution in [0.1, 0.15) is 16.1 Å². The van der Waals surface area contributed by atoms with Gasteiger partial charge in [0.15, 0.2) is 0 Å². The van der Waals surface area contributed by atoms with E-state index in [9.17, 15) is 9.90 Å². The van der Waals surface area contributed by atoms with Crippen molar-refractivity contribution in [2.45, 2.75) is 6.92 Å². The standard InChI is InChI=1S/C16H13N3O2/c1-11-7-15(14(9-17-11)16(20)21)19-10-13(8-18-19)12-5-3-2-4-6-12/h2-10H,1H3,(H,20,21). The Morgan fingerprint density at radius 3 is 2.62 bits per heavy atom. The molecule has 0 aliphatic rings. The number of benzene rings is 1. The molecule has 0 atom stereocenters. The number of hydrogen-bond donors (Lipinski definition) is 1. The summed E-state index contributed by atoms with van der Waals surface area (Å²) in [4.78, 5) is 15.3. The fourth-order valence-corrected chi connectivity index (χ4v) is 2.13. The van der Waals surface area contributed by atoms with Crippen LogP contribution in [0.3, 0.4) is 0 Å². The highest BCUT2D eigenvalue weighted by Gasteiger charge is 2.14. The second-order valence-corrected chi connectivity index (χ2v) is 4.69. The molecule has 0 unspecified atom stereocenters. The van der Waals surface area contributed by atoms with Gasteiger partial charge in [0.2, 0.25) is 0 Å². The Kier molecular flexibility index (Phi) is 3.23. The van der Waals surface area contributed by atoms with E-state index in [4.69, 9.17) is 0 Å². The van der Waals surface area contributed by atoms with E-state index in [0.29, 0.717) is 5.69 Å². The summed E-state index contributed by atoms with van der Waals surface area (Å²) < 4.78 is 1.57. The molecule has 0 radical (unpaired) electrons. The lowest BCUT2D eigenvalue weighted by Gasteiger charge is -2.06. The highest BCUT2D eigenvalue weighted by atomic mass is 16.4. The maximum absolute atomic E-state index is 11.3. The van der Waals surface area contributed by atoms with Crippen molar-refractivity contribution in [2.24, 2.45) is 0 Å². The van der Waals surface area contributed by atoms with Crippen molar-refractivity contribution in [2.75, 3.05) is 0 Å². The monoisotopic (exact) mass is 279 g/mol. The van der Waals surface area contributed by atoms with Crippen molar-refractivity contribution in [3.05, 3.63) is 66.2 Å². The predicted octanol–water partition coefficient (Wildman–Crippen LogP) is 2.94. The molecule has 0 saturated heterocycles. The van der Waals surface area contributed by atoms with Gasteiger partial charge in [0.1, 0.15) is 5.56 Å². The largest absolute Gasteiger partial charge is 0.478 e. The second kappa shape index (κ2) is 5.20. The van der Waals surface area contributed by atoms with E-state index in [1.54, 1.807) is 16.9 Å². The number of carboxylic acids is 1. The quantitative estimate of drug-likeness (QED) is 0.800. The number of carboxylic acid groups (broad SMARTS) is 1. The first-order valence-electron chi connectivity index (χ1n) is 6.45. The fraction of sp³-hybridized carbons (Fsp3) is 0.0625. The molecule has 5 nitrogen and oxygen atoms in total. The zero-order chi connectivity index (χ0) is 14.8. The van der Waals surface area contributed by atoms with Gasteiger partial charge >= 0.3 is 5.97 Å². The summed E-state index contributed by atoms with van der Waals surface area (Å²) in [5.74, 6) is -1.02. The van der Waals surface area contributed by atoms with Gasteiger partial charge in [-0.1, -0.05) is 30.3 Å². The Hall–Kier alpha value is -2.95. The third kappa shape index (κ3) is 2.53. The van der Waals surface area contributed by atoms with E-state index in [0.717, 1.165) is 16.8 Å². The van der Waals surface area contributed by atoms with Crippen molar-refractivity contribution >= 4 is 5.97 Å². The van der Waals surface area contributed by atoms with E-state index >= 15 is 0 Å². The second-order valence-electron chi connectivity index (χ2n) is 4.69. The Labute approximate surface area is 121 Å². The summed E-state index contributed by atoms with van der Waals surface area (Å²) in [6, 6.07) is 11.5. The van der Waals surface area contributed by atoms with Crippen LogP contribution < -0.4 is 0 Å². The van der Waals surface area contributed by atoms with E-state index in [2.05, 4.69) is 10.1 Å². The number of aryl methyl sites for hydroxylation is 1. The molecule has 1 aromatic carbocycles. The summed E-state index contributed by atoms with van der Waals surface area (Å²) in [6.45, 7) is 1.82. The minimum absolute atomic E-state index is 0.128. The molecular weight excluding hydrogens is 266 g/mol. The van der Waals surface area contributed by atoms with Crippen LogP contribution >= 0.6 is 0 Å². The summed E-state index contributed by atoms with van der Waals surface area (Å²) in [5, 5.41) is 13.5. The third-order valence-electron chi connectivity index (χ3n) is 3.19. The molecule has 0 aliphatic heterocycles. The van der Waals surface area contributed by atoms with Crippen LogP contribution in [0.15, 0.2) is 55.0 Å². The summed E-state index contributed by atoms with van der Waals surface area (Å²) in [5.41, 5.74) is 3.35. The highest BCUT2D eigenvalue weighted by Crippen LogP contribution is 2.21. The molecular formula is C16H13N3O2. The van der Waals surface area contributed by atoms with Crippen molar-refractivity contribution < 1.29 is 9.90 Å². The Morgan fingerprint density at radius 2 is 1.90 bits per heavy atom. The number of aromatic nitrogens is 3. The number of carbonyl (C=O) groups is 1. The van der Waals surface area contributed by atoms with E-state index in [-0.39, 0.29) is 5.56 Å². The first kappa shape index (κ1) is 13.1. The van der Waals surface area contributed by atoms with Crippen LogP contribution in [-0.2, 0) is 0 Å². The Balaban J connectivity index is 2.08. The lowest BCUT2D eigenvalue weighted by molar-refractivity contribution is 0.0696. The molecule has 0 amide bonds. The molecule has 1 N–H and O–H groups in total. The molecule has 5 heteroatoms. The molecule has 0 spiro atoms. The van der Waals surface area contributed by atoms with E-state index in [1.165, 1.54) is 6.20 Å². The molecule has 0 bridgehead atoms. The minimum atomic E-state index is -1.02. The number of rotatable bonds is 3. The summed E-state index contributed by atoms with van der Waals surface area (Å²) in [7, 11) is 0. The number of aromatic carboxylic acids is 1. The molecule has 21 heavy (non-hydrogen) atoms. The topological polar surface area (TPSA) is 68.0 Å². The lowest BCUT2D eigenvalue weighted by atomic mass is 10.1. The molecule has 2 aromatic heterocycles. The van der Waals surface area contributed by atoms with Gasteiger partial charge in [0.05, 0.1) is 11.9 Å². The van der Waals surface area contributed by atoms with Crippen LogP contribution in [0.4, 0.5) is 0 Å². The molecule has 0 aliphatic carbocycles. The van der Waals surface area contributed by atoms with E-state index < -0.39 is 5.97 Å². The first-order chi connectivity index (χ1) is 10.1. The van der Waals surface area contributed by atoms with Crippen molar-refractivity contribution in [1.82, 2.24) is 14.8 Å². The Morgan fingerprint density at radius 1 is 1.14 bits per heavy atom. The van der Waals surface area contributed by atoms with Gasteiger partial charge < -0.3 is 5.11 Å². The lowest BCUT2D eigenvalue weighted by Crippen LogP contribution is -2.07. The van der Waals surface area contributed by atoms with E-state index in [1.807, 2.05) is 43.5 Å². The minimum Gasteiger partial charge on any atom is -0.478 e. The summed E-state index contributed by atoms with van der Waals surface area (Å²) >= 11 is 0. The molecule has 104 valence electrons.